The van der Waals surface area contributed by atoms with Gasteiger partial charge in [-0.2, -0.15) is 0 Å². The molecule has 4 rings (SSSR count). The molecule has 4 heteroatoms. The van der Waals surface area contributed by atoms with Crippen molar-refractivity contribution in [3.63, 3.8) is 0 Å². The molecule has 4 aliphatic rings. The van der Waals surface area contributed by atoms with Crippen LogP contribution in [0.25, 0.3) is 0 Å². The molecule has 1 spiro atoms. The molecular formula is C27H37NO3. The van der Waals surface area contributed by atoms with Crippen LogP contribution in [-0.2, 0) is 4.79 Å². The Labute approximate surface area is 187 Å². The molecule has 0 amide bonds. The second-order valence-electron chi connectivity index (χ2n) is 9.77. The van der Waals surface area contributed by atoms with Crippen molar-refractivity contribution in [1.29, 1.82) is 0 Å². The maximum absolute atomic E-state index is 13.1. The summed E-state index contributed by atoms with van der Waals surface area (Å²) in [7, 11) is 0. The Balaban J connectivity index is 0.00000132. The van der Waals surface area contributed by atoms with E-state index in [4.69, 9.17) is 0 Å². The molecule has 1 saturated carbocycles. The number of carbonyl (C=O) groups is 1. The quantitative estimate of drug-likeness (QED) is 0.367. The van der Waals surface area contributed by atoms with Crippen LogP contribution in [0.15, 0.2) is 47.7 Å². The Morgan fingerprint density at radius 3 is 2.61 bits per heavy atom. The lowest BCUT2D eigenvalue weighted by atomic mass is 9.51. The van der Waals surface area contributed by atoms with Crippen molar-refractivity contribution in [3.05, 3.63) is 47.7 Å². The van der Waals surface area contributed by atoms with Gasteiger partial charge in [0.15, 0.2) is 5.78 Å². The molecule has 0 aromatic heterocycles. The number of terminal acetylenes is 1. The van der Waals surface area contributed by atoms with Crippen LogP contribution in [0.2, 0.25) is 0 Å². The molecule has 9 atom stereocenters. The summed E-state index contributed by atoms with van der Waals surface area (Å²) < 4.78 is 0. The molecule has 0 aromatic rings. The number of allylic oxidation sites excluding steroid dienone is 6. The predicted octanol–water partition coefficient (Wildman–Crippen LogP) is 3.78. The highest BCUT2D eigenvalue weighted by atomic mass is 16.3. The van der Waals surface area contributed by atoms with Crippen LogP contribution in [0.1, 0.15) is 47.0 Å². The second-order valence-corrected chi connectivity index (χ2v) is 9.77. The lowest BCUT2D eigenvalue weighted by molar-refractivity contribution is -0.130. The van der Waals surface area contributed by atoms with E-state index in [1.54, 1.807) is 6.92 Å². The second kappa shape index (κ2) is 9.18. The highest BCUT2D eigenvalue weighted by molar-refractivity contribution is 5.94. The van der Waals surface area contributed by atoms with Crippen LogP contribution in [0.4, 0.5) is 0 Å². The lowest BCUT2D eigenvalue weighted by Crippen LogP contribution is -2.53. The van der Waals surface area contributed by atoms with E-state index in [2.05, 4.69) is 56.3 Å². The van der Waals surface area contributed by atoms with Crippen molar-refractivity contribution in [2.75, 3.05) is 0 Å². The van der Waals surface area contributed by atoms with Crippen LogP contribution in [-0.4, -0.2) is 34.2 Å². The first-order chi connectivity index (χ1) is 14.8. The van der Waals surface area contributed by atoms with Crippen LogP contribution >= 0.6 is 0 Å². The van der Waals surface area contributed by atoms with Gasteiger partial charge in [-0.25, -0.2) is 0 Å². The summed E-state index contributed by atoms with van der Waals surface area (Å²) in [6.07, 6.45) is 22.8. The van der Waals surface area contributed by atoms with Crippen molar-refractivity contribution >= 4 is 5.78 Å². The Morgan fingerprint density at radius 1 is 1.29 bits per heavy atom. The van der Waals surface area contributed by atoms with Gasteiger partial charge in [-0.3, -0.25) is 4.79 Å². The molecule has 4 nitrogen and oxygen atoms in total. The highest BCUT2D eigenvalue weighted by Crippen LogP contribution is 2.62. The third-order valence-corrected chi connectivity index (χ3v) is 7.90. The number of fused-ring (bicyclic) bond motifs is 3. The first kappa shape index (κ1) is 23.6. The maximum atomic E-state index is 13.1. The Morgan fingerprint density at radius 2 is 2.00 bits per heavy atom. The summed E-state index contributed by atoms with van der Waals surface area (Å²) >= 11 is 0. The summed E-state index contributed by atoms with van der Waals surface area (Å²) in [6, 6.07) is -0.613. The number of Topliss-reactive ketones (excluding diaryl/α,β-unsaturated/α-hetero) is 1. The van der Waals surface area contributed by atoms with E-state index >= 15 is 0 Å². The van der Waals surface area contributed by atoms with Crippen molar-refractivity contribution in [1.82, 2.24) is 5.32 Å². The molecule has 31 heavy (non-hydrogen) atoms. The number of aliphatic hydroxyl groups is 2. The van der Waals surface area contributed by atoms with Crippen LogP contribution in [0.5, 0.6) is 0 Å². The summed E-state index contributed by atoms with van der Waals surface area (Å²) in [5.74, 6) is 0.921. The van der Waals surface area contributed by atoms with Gasteiger partial charge in [0, 0.05) is 17.0 Å². The van der Waals surface area contributed by atoms with Crippen molar-refractivity contribution < 1.29 is 15.0 Å². The zero-order valence-corrected chi connectivity index (χ0v) is 19.2. The average Bonchev–Trinajstić information content (AvgIpc) is 3.20. The van der Waals surface area contributed by atoms with Gasteiger partial charge in [0.25, 0.3) is 0 Å². The van der Waals surface area contributed by atoms with Crippen LogP contribution < -0.4 is 5.32 Å². The summed E-state index contributed by atoms with van der Waals surface area (Å²) in [5.41, 5.74) is 1.65. The molecule has 0 aromatic carbocycles. The fraction of sp³-hybridized carbons (Fsp3) is 0.593. The van der Waals surface area contributed by atoms with Gasteiger partial charge in [-0.1, -0.05) is 55.4 Å². The summed E-state index contributed by atoms with van der Waals surface area (Å²) in [5, 5.41) is 25.0. The number of nitrogens with one attached hydrogen (secondary N) is 1. The van der Waals surface area contributed by atoms with E-state index in [-0.39, 0.29) is 11.7 Å². The standard InChI is InChI=1S/C25H35NO3.C2H2/c1-5-6-7-8-18-15(3)12-17-11-14(2)9-10-19(17)25(18)13-20-21(24(25)29)23(28)22(26-20)16(4)27;1-2/h5-8,12-14,16-19,21-22,24,26-27,29H,9-11H2,1-4H3;1-2H/b6-5+,8-7+;. The minimum absolute atomic E-state index is 0.0697. The third-order valence-electron chi connectivity index (χ3n) is 7.90. The van der Waals surface area contributed by atoms with Gasteiger partial charge < -0.3 is 15.5 Å². The van der Waals surface area contributed by atoms with E-state index in [1.165, 1.54) is 12.0 Å². The van der Waals surface area contributed by atoms with Crippen LogP contribution in [0.3, 0.4) is 0 Å². The predicted molar refractivity (Wildman–Crippen MR) is 125 cm³/mol. The van der Waals surface area contributed by atoms with E-state index in [9.17, 15) is 15.0 Å². The van der Waals surface area contributed by atoms with Gasteiger partial charge in [0.1, 0.15) is 6.04 Å². The van der Waals surface area contributed by atoms with Crippen LogP contribution in [0, 0.1) is 47.9 Å². The molecule has 0 radical (unpaired) electrons. The Hall–Kier alpha value is -2.09. The minimum atomic E-state index is -0.765. The molecule has 9 unspecified atom stereocenters. The Bertz CT molecular complexity index is 833. The van der Waals surface area contributed by atoms with Gasteiger partial charge in [-0.05, 0) is 51.4 Å². The molecule has 0 bridgehead atoms. The summed E-state index contributed by atoms with van der Waals surface area (Å²) in [6.45, 7) is 8.13. The number of aliphatic hydroxyl groups excluding tert-OH is 2. The smallest absolute Gasteiger partial charge is 0.169 e. The van der Waals surface area contributed by atoms with E-state index < -0.39 is 29.6 Å². The number of carbonyl (C=O) groups excluding carboxylic acids is 1. The largest absolute Gasteiger partial charge is 0.391 e. The SMILES string of the molecule is C#C.C/C=C/C=C/C1C(C)=CC2CC(C)CCC2C12C=C1NC(C(C)O)C(=O)C1C2O. The highest BCUT2D eigenvalue weighted by Gasteiger charge is 2.63. The van der Waals surface area contributed by atoms with Crippen molar-refractivity contribution in [2.45, 2.75) is 65.2 Å². The molecule has 2 fully saturated rings. The zero-order chi connectivity index (χ0) is 22.9. The number of rotatable bonds is 3. The first-order valence-corrected chi connectivity index (χ1v) is 11.5. The number of hydrogen-bond acceptors (Lipinski definition) is 4. The molecule has 3 N–H and O–H groups in total. The van der Waals surface area contributed by atoms with Crippen molar-refractivity contribution in [3.8, 4) is 12.8 Å². The zero-order valence-electron chi connectivity index (χ0n) is 19.2. The Kier molecular flexibility index (Phi) is 6.98. The number of hydrogen-bond donors (Lipinski definition) is 3. The fourth-order valence-corrected chi connectivity index (χ4v) is 6.65. The average molecular weight is 424 g/mol. The maximum Gasteiger partial charge on any atom is 0.169 e. The van der Waals surface area contributed by atoms with Gasteiger partial charge in [0.05, 0.1) is 18.1 Å². The third kappa shape index (κ3) is 3.73. The van der Waals surface area contributed by atoms with Crippen molar-refractivity contribution in [2.24, 2.45) is 35.0 Å². The van der Waals surface area contributed by atoms with E-state index in [0.29, 0.717) is 17.8 Å². The van der Waals surface area contributed by atoms with Gasteiger partial charge in [-0.15, -0.1) is 12.8 Å². The molecular weight excluding hydrogens is 386 g/mol. The molecule has 3 aliphatic carbocycles. The molecule has 168 valence electrons. The van der Waals surface area contributed by atoms with E-state index in [1.807, 2.05) is 19.1 Å². The number of ketones is 1. The fourth-order valence-electron chi connectivity index (χ4n) is 6.65. The molecule has 1 saturated heterocycles. The first-order valence-electron chi connectivity index (χ1n) is 11.5. The lowest BCUT2D eigenvalue weighted by Gasteiger charge is -2.53. The topological polar surface area (TPSA) is 69.6 Å². The molecule has 1 heterocycles. The molecule has 1 aliphatic heterocycles. The normalized spacial score (nSPS) is 42.5. The minimum Gasteiger partial charge on any atom is -0.391 e. The van der Waals surface area contributed by atoms with Gasteiger partial charge >= 0.3 is 0 Å². The monoisotopic (exact) mass is 423 g/mol. The van der Waals surface area contributed by atoms with Gasteiger partial charge in [0.2, 0.25) is 0 Å². The van der Waals surface area contributed by atoms with E-state index in [0.717, 1.165) is 18.5 Å². The summed E-state index contributed by atoms with van der Waals surface area (Å²) in [4.78, 5) is 13.1.